The summed E-state index contributed by atoms with van der Waals surface area (Å²) in [5.41, 5.74) is 8.39. The van der Waals surface area contributed by atoms with Gasteiger partial charge in [-0.15, -0.1) is 0 Å². The first-order valence-corrected chi connectivity index (χ1v) is 7.52. The summed E-state index contributed by atoms with van der Waals surface area (Å²) in [6.45, 7) is 1.76. The van der Waals surface area contributed by atoms with Crippen molar-refractivity contribution < 1.29 is 4.79 Å². The van der Waals surface area contributed by atoms with Crippen molar-refractivity contribution in [3.05, 3.63) is 55.9 Å². The maximum Gasteiger partial charge on any atom is 0.328 e. The molecule has 0 saturated heterocycles. The SMILES string of the molecule is Cc1[nH][nH]c(=O)c1[C@H](CC(N)=O)c1ccc2c(c1)n(C)c(=O)n2C. The van der Waals surface area contributed by atoms with E-state index in [9.17, 15) is 14.4 Å². The highest BCUT2D eigenvalue weighted by atomic mass is 16.2. The Morgan fingerprint density at radius 3 is 2.42 bits per heavy atom. The van der Waals surface area contributed by atoms with E-state index in [-0.39, 0.29) is 17.7 Å². The number of primary amides is 1. The second-order valence-electron chi connectivity index (χ2n) is 5.99. The topological polar surface area (TPSA) is 119 Å². The van der Waals surface area contributed by atoms with Gasteiger partial charge < -0.3 is 10.8 Å². The molecule has 4 N–H and O–H groups in total. The third-order valence-corrected chi connectivity index (χ3v) is 4.46. The van der Waals surface area contributed by atoms with Crippen LogP contribution in [0.1, 0.15) is 29.2 Å². The number of benzene rings is 1. The highest BCUT2D eigenvalue weighted by Crippen LogP contribution is 2.29. The number of aryl methyl sites for hydroxylation is 3. The Morgan fingerprint density at radius 1 is 1.17 bits per heavy atom. The number of hydrogen-bond acceptors (Lipinski definition) is 3. The summed E-state index contributed by atoms with van der Waals surface area (Å²) in [4.78, 5) is 35.7. The molecule has 0 unspecified atom stereocenters. The summed E-state index contributed by atoms with van der Waals surface area (Å²) in [6, 6.07) is 5.47. The maximum absolute atomic E-state index is 12.1. The fourth-order valence-electron chi connectivity index (χ4n) is 3.20. The number of fused-ring (bicyclic) bond motifs is 1. The van der Waals surface area contributed by atoms with Crippen LogP contribution in [0.2, 0.25) is 0 Å². The smallest absolute Gasteiger partial charge is 0.328 e. The van der Waals surface area contributed by atoms with Crippen LogP contribution in [0.3, 0.4) is 0 Å². The van der Waals surface area contributed by atoms with Crippen LogP contribution >= 0.6 is 0 Å². The van der Waals surface area contributed by atoms with Crippen LogP contribution in [0.4, 0.5) is 0 Å². The highest BCUT2D eigenvalue weighted by molar-refractivity contribution is 5.79. The molecule has 0 fully saturated rings. The minimum atomic E-state index is -0.498. The van der Waals surface area contributed by atoms with E-state index >= 15 is 0 Å². The van der Waals surface area contributed by atoms with Gasteiger partial charge in [0.15, 0.2) is 0 Å². The lowest BCUT2D eigenvalue weighted by Gasteiger charge is -2.15. The van der Waals surface area contributed by atoms with Crippen molar-refractivity contribution in [1.82, 2.24) is 19.3 Å². The third-order valence-electron chi connectivity index (χ3n) is 4.46. The molecule has 3 rings (SSSR count). The van der Waals surface area contributed by atoms with Crippen molar-refractivity contribution in [2.24, 2.45) is 19.8 Å². The van der Waals surface area contributed by atoms with Crippen LogP contribution in [0.15, 0.2) is 27.8 Å². The minimum Gasteiger partial charge on any atom is -0.370 e. The molecule has 0 aliphatic rings. The lowest BCUT2D eigenvalue weighted by Crippen LogP contribution is -2.20. The van der Waals surface area contributed by atoms with Gasteiger partial charge in [-0.25, -0.2) is 4.79 Å². The number of carbonyl (C=O) groups is 1. The number of hydrogen-bond donors (Lipinski definition) is 3. The van der Waals surface area contributed by atoms with Crippen LogP contribution in [0, 0.1) is 6.92 Å². The van der Waals surface area contributed by atoms with Crippen molar-refractivity contribution in [2.45, 2.75) is 19.3 Å². The second kappa shape index (κ2) is 5.55. The number of amides is 1. The van der Waals surface area contributed by atoms with E-state index in [2.05, 4.69) is 10.2 Å². The Kier molecular flexibility index (Phi) is 3.67. The molecule has 0 bridgehead atoms. The fraction of sp³-hybridized carbons (Fsp3) is 0.312. The molecular formula is C16H19N5O3. The van der Waals surface area contributed by atoms with Gasteiger partial charge >= 0.3 is 5.69 Å². The fourth-order valence-corrected chi connectivity index (χ4v) is 3.20. The molecule has 126 valence electrons. The molecule has 2 aromatic heterocycles. The van der Waals surface area contributed by atoms with Crippen LogP contribution in [-0.2, 0) is 18.9 Å². The lowest BCUT2D eigenvalue weighted by molar-refractivity contribution is -0.118. The van der Waals surface area contributed by atoms with Gasteiger partial charge in [0.25, 0.3) is 5.56 Å². The number of nitrogens with zero attached hydrogens (tertiary/aromatic N) is 2. The largest absolute Gasteiger partial charge is 0.370 e. The molecule has 24 heavy (non-hydrogen) atoms. The van der Waals surface area contributed by atoms with Gasteiger partial charge in [0.05, 0.1) is 11.0 Å². The first kappa shape index (κ1) is 15.9. The van der Waals surface area contributed by atoms with Gasteiger partial charge in [-0.05, 0) is 24.6 Å². The number of rotatable bonds is 4. The lowest BCUT2D eigenvalue weighted by atomic mass is 9.88. The summed E-state index contributed by atoms with van der Waals surface area (Å²) < 4.78 is 3.09. The van der Waals surface area contributed by atoms with E-state index < -0.39 is 11.8 Å². The molecule has 0 aliphatic heterocycles. The Bertz CT molecular complexity index is 1050. The summed E-state index contributed by atoms with van der Waals surface area (Å²) in [5.74, 6) is -0.973. The zero-order chi connectivity index (χ0) is 17.6. The van der Waals surface area contributed by atoms with Crippen molar-refractivity contribution in [3.8, 4) is 0 Å². The molecule has 0 radical (unpaired) electrons. The standard InChI is InChI=1S/C16H19N5O3/c1-8-14(15(23)19-18-8)10(7-13(17)22)9-4-5-11-12(6-9)21(3)16(24)20(11)2/h4-6,10H,7H2,1-3H3,(H2,17,22)(H2,18,19,23)/t10-/m1/s1. The zero-order valence-electron chi connectivity index (χ0n) is 13.7. The van der Waals surface area contributed by atoms with E-state index in [1.54, 1.807) is 25.6 Å². The van der Waals surface area contributed by atoms with Gasteiger partial charge in [0.1, 0.15) is 0 Å². The molecule has 0 spiro atoms. The van der Waals surface area contributed by atoms with Crippen LogP contribution in [-0.4, -0.2) is 25.2 Å². The molecule has 8 nitrogen and oxygen atoms in total. The number of imidazole rings is 1. The summed E-state index contributed by atoms with van der Waals surface area (Å²) in [6.07, 6.45) is 0.00800. The van der Waals surface area contributed by atoms with Crippen LogP contribution in [0.5, 0.6) is 0 Å². The first-order chi connectivity index (χ1) is 11.3. The number of aromatic amines is 2. The molecule has 0 saturated carbocycles. The maximum atomic E-state index is 12.1. The predicted molar refractivity (Wildman–Crippen MR) is 90.0 cm³/mol. The normalized spacial score (nSPS) is 12.6. The third kappa shape index (κ3) is 2.36. The van der Waals surface area contributed by atoms with Gasteiger partial charge in [0.2, 0.25) is 5.91 Å². The number of nitrogens with one attached hydrogen (secondary N) is 2. The van der Waals surface area contributed by atoms with Crippen molar-refractivity contribution in [3.63, 3.8) is 0 Å². The van der Waals surface area contributed by atoms with Gasteiger partial charge in [-0.3, -0.25) is 23.8 Å². The average Bonchev–Trinajstić information content (AvgIpc) is 2.98. The van der Waals surface area contributed by atoms with Crippen molar-refractivity contribution in [2.75, 3.05) is 0 Å². The number of carbonyl (C=O) groups excluding carboxylic acids is 1. The Hall–Kier alpha value is -3.03. The van der Waals surface area contributed by atoms with E-state index in [4.69, 9.17) is 5.73 Å². The Balaban J connectivity index is 2.24. The number of nitrogens with two attached hydrogens (primary N) is 1. The Labute approximate surface area is 136 Å². The molecule has 8 heteroatoms. The highest BCUT2D eigenvalue weighted by Gasteiger charge is 2.24. The van der Waals surface area contributed by atoms with Crippen molar-refractivity contribution in [1.29, 1.82) is 0 Å². The molecule has 0 aliphatic carbocycles. The van der Waals surface area contributed by atoms with E-state index in [0.717, 1.165) is 16.6 Å². The monoisotopic (exact) mass is 329 g/mol. The number of aromatic nitrogens is 4. The zero-order valence-corrected chi connectivity index (χ0v) is 13.7. The quantitative estimate of drug-likeness (QED) is 0.635. The minimum absolute atomic E-state index is 0.00800. The van der Waals surface area contributed by atoms with Gasteiger partial charge in [0, 0.05) is 37.7 Å². The molecule has 1 amide bonds. The molecule has 2 heterocycles. The molecule has 1 atom stereocenters. The Morgan fingerprint density at radius 2 is 1.83 bits per heavy atom. The van der Waals surface area contributed by atoms with Crippen LogP contribution in [0.25, 0.3) is 11.0 Å². The summed E-state index contributed by atoms with van der Waals surface area (Å²) in [5, 5.41) is 5.30. The second-order valence-corrected chi connectivity index (χ2v) is 5.99. The first-order valence-electron chi connectivity index (χ1n) is 7.52. The summed E-state index contributed by atoms with van der Waals surface area (Å²) >= 11 is 0. The molecular weight excluding hydrogens is 310 g/mol. The van der Waals surface area contributed by atoms with E-state index in [1.165, 1.54) is 4.57 Å². The van der Waals surface area contributed by atoms with E-state index in [0.29, 0.717) is 11.3 Å². The van der Waals surface area contributed by atoms with Crippen LogP contribution < -0.4 is 17.0 Å². The average molecular weight is 329 g/mol. The number of H-pyrrole nitrogens is 2. The van der Waals surface area contributed by atoms with Gasteiger partial charge in [-0.2, -0.15) is 0 Å². The van der Waals surface area contributed by atoms with E-state index in [1.807, 2.05) is 18.2 Å². The molecule has 1 aromatic carbocycles. The molecule has 3 aromatic rings. The van der Waals surface area contributed by atoms with Crippen molar-refractivity contribution >= 4 is 16.9 Å². The van der Waals surface area contributed by atoms with Gasteiger partial charge in [-0.1, -0.05) is 6.07 Å². The predicted octanol–water partition coefficient (Wildman–Crippen LogP) is 0.209. The summed E-state index contributed by atoms with van der Waals surface area (Å²) in [7, 11) is 3.39.